The number of hydrogen-bond donors (Lipinski definition) is 3. The van der Waals surface area contributed by atoms with Crippen LogP contribution >= 0.6 is 11.3 Å². The average Bonchev–Trinajstić information content (AvgIpc) is 3.59. The second-order valence-corrected chi connectivity index (χ2v) is 11.8. The highest BCUT2D eigenvalue weighted by Crippen LogP contribution is 2.34. The van der Waals surface area contributed by atoms with Gasteiger partial charge in [0.15, 0.2) is 5.13 Å². The van der Waals surface area contributed by atoms with Gasteiger partial charge in [0, 0.05) is 71.5 Å². The number of carbonyl (C=O) groups excluding carboxylic acids is 1. The first-order valence-corrected chi connectivity index (χ1v) is 16.0. The smallest absolute Gasteiger partial charge is 0.496 e. The van der Waals surface area contributed by atoms with Gasteiger partial charge in [-0.05, 0) is 18.2 Å². The number of morpholine rings is 2. The van der Waals surface area contributed by atoms with Gasteiger partial charge in [-0.25, -0.2) is 9.97 Å². The van der Waals surface area contributed by atoms with Crippen molar-refractivity contribution >= 4 is 49.6 Å². The predicted molar refractivity (Wildman–Crippen MR) is 173 cm³/mol. The number of thiazole rings is 1. The van der Waals surface area contributed by atoms with Crippen molar-refractivity contribution in [3.63, 3.8) is 0 Å². The Kier molecular flexibility index (Phi) is 11.7. The number of rotatable bonds is 10. The van der Waals surface area contributed by atoms with Crippen LogP contribution in [0.25, 0.3) is 21.3 Å². The summed E-state index contributed by atoms with van der Waals surface area (Å²) in [4.78, 5) is 26.5. The van der Waals surface area contributed by atoms with Gasteiger partial charge >= 0.3 is 6.36 Å². The zero-order chi connectivity index (χ0) is 33.4. The Morgan fingerprint density at radius 2 is 1.68 bits per heavy atom. The second-order valence-electron chi connectivity index (χ2n) is 10.8. The minimum atomic E-state index is -4.77. The summed E-state index contributed by atoms with van der Waals surface area (Å²) in [6.45, 7) is 9.92. The Morgan fingerprint density at radius 1 is 1.00 bits per heavy atom. The van der Waals surface area contributed by atoms with Crippen LogP contribution < -0.4 is 25.8 Å². The summed E-state index contributed by atoms with van der Waals surface area (Å²) in [6, 6.07) is 7.37. The van der Waals surface area contributed by atoms with Crippen LogP contribution in [-0.2, 0) is 16.5 Å². The van der Waals surface area contributed by atoms with Gasteiger partial charge in [0.25, 0.3) is 5.91 Å². The maximum Gasteiger partial charge on any atom is 0.573 e. The van der Waals surface area contributed by atoms with Crippen molar-refractivity contribution in [3.05, 3.63) is 35.9 Å². The van der Waals surface area contributed by atoms with E-state index in [2.05, 4.69) is 35.1 Å². The Bertz CT molecular complexity index is 1630. The number of nitrogens with zero attached hydrogens (tertiary/aromatic N) is 5. The fraction of sp³-hybridized carbons (Fsp3) is 0.500. The Hall–Kier alpha value is -3.74. The molecule has 1 amide bonds. The maximum atomic E-state index is 12.9. The molecule has 2 aliphatic heterocycles. The van der Waals surface area contributed by atoms with E-state index in [1.165, 1.54) is 25.3 Å². The van der Waals surface area contributed by atoms with Crippen LogP contribution in [0.3, 0.4) is 0 Å². The fourth-order valence-corrected chi connectivity index (χ4v) is 6.07. The molecule has 6 rings (SSSR count). The third kappa shape index (κ3) is 9.42. The molecule has 47 heavy (non-hydrogen) atoms. The van der Waals surface area contributed by atoms with Crippen LogP contribution in [0.2, 0.25) is 0 Å². The van der Waals surface area contributed by atoms with Gasteiger partial charge in [0.2, 0.25) is 5.95 Å². The number of hydrogen-bond acceptors (Lipinski definition) is 12. The van der Waals surface area contributed by atoms with E-state index in [9.17, 15) is 18.0 Å². The molecule has 256 valence electrons. The number of alkyl halides is 3. The number of nitrogens with two attached hydrogens (primary N) is 1. The SMILES string of the molecule is COc1cc2c(cc1C(=O)NCCN1CCOCC1)nc(Nc1nc3ccc(OC(F)(F)F)cc3s1)n2C.NCCN1CCOCC1. The molecule has 13 nitrogen and oxygen atoms in total. The average molecular weight is 681 g/mol. The lowest BCUT2D eigenvalue weighted by atomic mass is 10.1. The van der Waals surface area contributed by atoms with E-state index in [-0.39, 0.29) is 11.7 Å². The number of amides is 1. The van der Waals surface area contributed by atoms with Gasteiger partial charge < -0.3 is 39.9 Å². The summed E-state index contributed by atoms with van der Waals surface area (Å²) >= 11 is 1.16. The minimum Gasteiger partial charge on any atom is -0.496 e. The van der Waals surface area contributed by atoms with Gasteiger partial charge in [-0.2, -0.15) is 0 Å². The number of carbonyl (C=O) groups is 1. The zero-order valence-corrected chi connectivity index (χ0v) is 27.1. The van der Waals surface area contributed by atoms with Gasteiger partial charge in [-0.3, -0.25) is 14.6 Å². The molecule has 2 aromatic heterocycles. The summed E-state index contributed by atoms with van der Waals surface area (Å²) in [6.07, 6.45) is -4.77. The Morgan fingerprint density at radius 3 is 2.32 bits per heavy atom. The Labute approximate surface area is 273 Å². The van der Waals surface area contributed by atoms with Crippen LogP contribution in [0, 0.1) is 0 Å². The summed E-state index contributed by atoms with van der Waals surface area (Å²) in [5.41, 5.74) is 7.54. The quantitative estimate of drug-likeness (QED) is 0.228. The maximum absolute atomic E-state index is 12.9. The number of aryl methyl sites for hydroxylation is 1. The summed E-state index contributed by atoms with van der Waals surface area (Å²) < 4.78 is 60.0. The molecule has 4 heterocycles. The molecule has 2 saturated heterocycles. The molecule has 0 atom stereocenters. The molecule has 4 N–H and O–H groups in total. The lowest BCUT2D eigenvalue weighted by Gasteiger charge is -2.26. The first kappa shape index (κ1) is 34.6. The lowest BCUT2D eigenvalue weighted by molar-refractivity contribution is -0.274. The molecule has 17 heteroatoms. The van der Waals surface area contributed by atoms with Crippen molar-refractivity contribution in [2.24, 2.45) is 12.8 Å². The molecule has 2 aromatic carbocycles. The molecule has 0 unspecified atom stereocenters. The number of aromatic nitrogens is 3. The van der Waals surface area contributed by atoms with Crippen molar-refractivity contribution < 1.29 is 36.9 Å². The van der Waals surface area contributed by atoms with Crippen LogP contribution in [0.5, 0.6) is 11.5 Å². The monoisotopic (exact) mass is 680 g/mol. The van der Waals surface area contributed by atoms with Gasteiger partial charge in [0.05, 0.1) is 60.4 Å². The number of anilines is 2. The van der Waals surface area contributed by atoms with E-state index >= 15 is 0 Å². The highest BCUT2D eigenvalue weighted by atomic mass is 32.1. The molecule has 2 aliphatic rings. The van der Waals surface area contributed by atoms with E-state index in [1.54, 1.807) is 23.7 Å². The van der Waals surface area contributed by atoms with Crippen molar-refractivity contribution in [3.8, 4) is 11.5 Å². The standard InChI is InChI=1S/C24H25F3N6O4S.C6H14N2O/c1-32-18-13-19(35-2)15(21(34)28-5-6-33-7-9-36-10-8-33)12-17(18)29-22(32)31-23-30-16-4-3-14(11-20(16)38-23)37-24(25,26)27;7-1-2-8-3-5-9-6-4-8/h3-4,11-13H,5-10H2,1-2H3,(H,28,34)(H,29,30,31);1-7H2. The molecule has 0 radical (unpaired) electrons. The Balaban J connectivity index is 0.000000417. The normalized spacial score (nSPS) is 16.1. The molecule has 0 aliphatic carbocycles. The summed E-state index contributed by atoms with van der Waals surface area (Å²) in [5.74, 6) is 0.275. The highest BCUT2D eigenvalue weighted by molar-refractivity contribution is 7.22. The van der Waals surface area contributed by atoms with Crippen LogP contribution in [0.1, 0.15) is 10.4 Å². The third-order valence-electron chi connectivity index (χ3n) is 7.63. The zero-order valence-electron chi connectivity index (χ0n) is 26.3. The molecule has 0 bridgehead atoms. The first-order chi connectivity index (χ1) is 22.6. The van der Waals surface area contributed by atoms with Gasteiger partial charge in [-0.1, -0.05) is 11.3 Å². The second kappa shape index (κ2) is 15.9. The van der Waals surface area contributed by atoms with Gasteiger partial charge in [-0.15, -0.1) is 13.2 Å². The van der Waals surface area contributed by atoms with Gasteiger partial charge in [0.1, 0.15) is 11.5 Å². The molecule has 0 saturated carbocycles. The first-order valence-electron chi connectivity index (χ1n) is 15.2. The number of fused-ring (bicyclic) bond motifs is 2. The molecular formula is C30H39F3N8O5S. The van der Waals surface area contributed by atoms with Crippen molar-refractivity contribution in [2.45, 2.75) is 6.36 Å². The molecular weight excluding hydrogens is 641 g/mol. The number of methoxy groups -OCH3 is 1. The molecule has 2 fully saturated rings. The molecule has 4 aromatic rings. The molecule has 0 spiro atoms. The van der Waals surface area contributed by atoms with E-state index in [0.29, 0.717) is 57.9 Å². The van der Waals surface area contributed by atoms with Crippen molar-refractivity contribution in [1.82, 2.24) is 29.7 Å². The fourth-order valence-electron chi connectivity index (χ4n) is 5.18. The van der Waals surface area contributed by atoms with Crippen LogP contribution in [0.15, 0.2) is 30.3 Å². The summed E-state index contributed by atoms with van der Waals surface area (Å²) in [7, 11) is 3.29. The van der Waals surface area contributed by atoms with E-state index in [4.69, 9.17) is 19.9 Å². The number of imidazole rings is 1. The van der Waals surface area contributed by atoms with Crippen LogP contribution in [0.4, 0.5) is 24.3 Å². The van der Waals surface area contributed by atoms with E-state index in [0.717, 1.165) is 75.9 Å². The van der Waals surface area contributed by atoms with E-state index in [1.807, 2.05) is 0 Å². The number of benzene rings is 2. The number of nitrogens with one attached hydrogen (secondary N) is 2. The summed E-state index contributed by atoms with van der Waals surface area (Å²) in [5, 5.41) is 6.49. The largest absolute Gasteiger partial charge is 0.573 e. The predicted octanol–water partition coefficient (Wildman–Crippen LogP) is 3.17. The highest BCUT2D eigenvalue weighted by Gasteiger charge is 2.31. The van der Waals surface area contributed by atoms with Crippen molar-refractivity contribution in [2.75, 3.05) is 91.2 Å². The van der Waals surface area contributed by atoms with Crippen molar-refractivity contribution in [1.29, 1.82) is 0 Å². The lowest BCUT2D eigenvalue weighted by Crippen LogP contribution is -2.41. The third-order valence-corrected chi connectivity index (χ3v) is 8.56. The minimum absolute atomic E-state index is 0.264. The van der Waals surface area contributed by atoms with E-state index < -0.39 is 6.36 Å². The number of halogens is 3. The number of ether oxygens (including phenoxy) is 4. The van der Waals surface area contributed by atoms with Crippen LogP contribution in [-0.4, -0.2) is 122 Å². The topological polar surface area (TPSA) is 141 Å².